The molecule has 0 bridgehead atoms. The van der Waals surface area contributed by atoms with Crippen molar-refractivity contribution < 1.29 is 9.31 Å². The summed E-state index contributed by atoms with van der Waals surface area (Å²) < 4.78 is 13.2. The van der Waals surface area contributed by atoms with Gasteiger partial charge in [-0.05, 0) is 197 Å². The van der Waals surface area contributed by atoms with Gasteiger partial charge in [0.2, 0.25) is 0 Å². The molecule has 0 amide bonds. The standard InChI is InChI=1S/C46H31N5.C41H34BN3O2.C11H9ClN2/c1-30-13-12-22-43(48-30)42-24-23-34(29-47-42)35-25-36(41-28-33-18-8-9-19-38(33)39-20-10-11-21-40(39)41)27-37(26-35)46-50-44(31-14-4-2-5-15-31)49-45(51-46)32-16-6-3-7-17-32;1-40(2)41(3,4)47-42(46-40)32-24-30(36-26-29-19-11-12-20-33(29)34-21-13-14-22-35(34)36)23-31(25-32)39-44-37(27-15-7-5-8-16-27)43-38(45-39)28-17-9-6-10-18-28;1-8-3-2-4-11(14-8)10-6-5-9(12)7-13-10/h2-29H,1H3;5-26H,1-4H3;2-7H,1H3. The predicted octanol–water partition coefficient (Wildman–Crippen LogP) is 23.5. The summed E-state index contributed by atoms with van der Waals surface area (Å²) in [6.07, 6.45) is 3.56. The Morgan fingerprint density at radius 1 is 0.259 bits per heavy atom. The number of pyridine rings is 4. The van der Waals surface area contributed by atoms with Gasteiger partial charge in [-0.25, -0.2) is 29.9 Å². The summed E-state index contributed by atoms with van der Waals surface area (Å²) in [7, 11) is -0.561. The van der Waals surface area contributed by atoms with E-state index in [9.17, 15) is 0 Å². The number of hydrogen-bond acceptors (Lipinski definition) is 12. The molecule has 0 spiro atoms. The zero-order valence-electron chi connectivity index (χ0n) is 62.6. The molecule has 0 N–H and O–H groups in total. The number of benzene rings is 12. The van der Waals surface area contributed by atoms with Gasteiger partial charge in [0.25, 0.3) is 0 Å². The van der Waals surface area contributed by atoms with Crippen LogP contribution in [0.4, 0.5) is 0 Å². The lowest BCUT2D eigenvalue weighted by Crippen LogP contribution is -2.41. The highest BCUT2D eigenvalue weighted by molar-refractivity contribution is 6.62. The van der Waals surface area contributed by atoms with E-state index in [1.807, 2.05) is 196 Å². The van der Waals surface area contributed by atoms with Crippen molar-refractivity contribution in [2.75, 3.05) is 0 Å². The molecular weight excluding hydrogens is 1400 g/mol. The molecule has 12 aromatic carbocycles. The maximum absolute atomic E-state index is 6.60. The second-order valence-electron chi connectivity index (χ2n) is 28.8. The van der Waals surface area contributed by atoms with Crippen LogP contribution >= 0.6 is 11.6 Å². The molecule has 0 unspecified atom stereocenters. The normalized spacial score (nSPS) is 12.8. The van der Waals surface area contributed by atoms with Crippen LogP contribution in [0.2, 0.25) is 5.02 Å². The third kappa shape index (κ3) is 15.1. The van der Waals surface area contributed by atoms with Crippen LogP contribution in [0.5, 0.6) is 0 Å². The van der Waals surface area contributed by atoms with E-state index in [1.165, 1.54) is 43.1 Å². The second-order valence-corrected chi connectivity index (χ2v) is 29.2. The average molecular weight is 1470 g/mol. The number of halogens is 1. The molecule has 112 heavy (non-hydrogen) atoms. The van der Waals surface area contributed by atoms with Crippen LogP contribution in [0.3, 0.4) is 0 Å². The Kier molecular flexibility index (Phi) is 19.7. The predicted molar refractivity (Wildman–Crippen MR) is 457 cm³/mol. The zero-order chi connectivity index (χ0) is 76.3. The molecule has 0 radical (unpaired) electrons. The molecule has 18 aromatic rings. The average Bonchev–Trinajstić information content (AvgIpc) is 1.13. The number of nitrogens with zero attached hydrogens (tertiary/aromatic N) is 10. The van der Waals surface area contributed by atoms with Crippen LogP contribution < -0.4 is 5.46 Å². The summed E-state index contributed by atoms with van der Waals surface area (Å²) >= 11 is 5.75. The number of hydrogen-bond donors (Lipinski definition) is 0. The van der Waals surface area contributed by atoms with Gasteiger partial charge in [-0.2, -0.15) is 0 Å². The molecule has 1 fully saturated rings. The van der Waals surface area contributed by atoms with Crippen LogP contribution in [0.15, 0.2) is 340 Å². The first-order chi connectivity index (χ1) is 54.7. The van der Waals surface area contributed by atoms with Crippen molar-refractivity contribution in [1.29, 1.82) is 0 Å². The van der Waals surface area contributed by atoms with Crippen molar-refractivity contribution in [1.82, 2.24) is 49.8 Å². The molecule has 1 saturated heterocycles. The monoisotopic (exact) mass is 1470 g/mol. The molecule has 1 aliphatic rings. The molecule has 0 atom stereocenters. The molecule has 0 saturated carbocycles. The van der Waals surface area contributed by atoms with Gasteiger partial charge < -0.3 is 9.31 Å². The third-order valence-electron chi connectivity index (χ3n) is 20.6. The van der Waals surface area contributed by atoms with Crippen molar-refractivity contribution in [2.24, 2.45) is 0 Å². The van der Waals surface area contributed by atoms with Crippen LogP contribution in [0.25, 0.3) is 168 Å². The second kappa shape index (κ2) is 30.9. The fourth-order valence-electron chi connectivity index (χ4n) is 14.2. The van der Waals surface area contributed by atoms with Crippen molar-refractivity contribution >= 4 is 67.3 Å². The van der Waals surface area contributed by atoms with Crippen LogP contribution in [0.1, 0.15) is 39.1 Å². The van der Waals surface area contributed by atoms with E-state index in [-0.39, 0.29) is 0 Å². The first-order valence-corrected chi connectivity index (χ1v) is 37.7. The minimum atomic E-state index is -0.561. The van der Waals surface area contributed by atoms with E-state index in [4.69, 9.17) is 55.8 Å². The number of rotatable bonds is 12. The maximum Gasteiger partial charge on any atom is 0.494 e. The lowest BCUT2D eigenvalue weighted by atomic mass is 9.76. The first-order valence-electron chi connectivity index (χ1n) is 37.4. The van der Waals surface area contributed by atoms with Gasteiger partial charge in [-0.15, -0.1) is 0 Å². The largest absolute Gasteiger partial charge is 0.494 e. The molecule has 19 rings (SSSR count). The van der Waals surface area contributed by atoms with E-state index in [0.717, 1.165) is 106 Å². The highest BCUT2D eigenvalue weighted by Gasteiger charge is 2.52. The molecule has 14 heteroatoms. The summed E-state index contributed by atoms with van der Waals surface area (Å²) in [6, 6.07) is 112. The highest BCUT2D eigenvalue weighted by atomic mass is 35.5. The van der Waals surface area contributed by atoms with Crippen molar-refractivity contribution in [3.63, 3.8) is 0 Å². The highest BCUT2D eigenvalue weighted by Crippen LogP contribution is 2.43. The molecule has 0 aliphatic carbocycles. The molecule has 1 aliphatic heterocycles. The summed E-state index contributed by atoms with van der Waals surface area (Å²) in [5.41, 5.74) is 17.1. The topological polar surface area (TPSA) is 147 Å². The number of aryl methyl sites for hydroxylation is 2. The van der Waals surface area contributed by atoms with Crippen molar-refractivity contribution in [2.45, 2.75) is 52.7 Å². The maximum atomic E-state index is 6.60. The van der Waals surface area contributed by atoms with Gasteiger partial charge >= 0.3 is 7.12 Å². The molecule has 6 aromatic heterocycles. The number of aromatic nitrogens is 10. The van der Waals surface area contributed by atoms with E-state index >= 15 is 0 Å². The summed E-state index contributed by atoms with van der Waals surface area (Å²) in [6.45, 7) is 12.3. The molecular formula is C98H74BClN10O2. The molecule has 538 valence electrons. The minimum Gasteiger partial charge on any atom is -0.399 e. The van der Waals surface area contributed by atoms with Crippen molar-refractivity contribution in [3.05, 3.63) is 356 Å². The van der Waals surface area contributed by atoms with Gasteiger partial charge in [-0.1, -0.05) is 260 Å². The van der Waals surface area contributed by atoms with Gasteiger partial charge in [0.1, 0.15) is 0 Å². The van der Waals surface area contributed by atoms with Gasteiger partial charge in [0.15, 0.2) is 34.9 Å². The molecule has 7 heterocycles. The Hall–Kier alpha value is -13.4. The zero-order valence-corrected chi connectivity index (χ0v) is 63.3. The van der Waals surface area contributed by atoms with E-state index in [1.54, 1.807) is 6.20 Å². The SMILES string of the molecule is CC1(C)OB(c2cc(-c3nc(-c4ccccc4)nc(-c4ccccc4)n3)cc(-c3cc4ccccc4c4ccccc34)c2)OC1(C)C.Cc1cccc(-c2ccc(-c3cc(-c4nc(-c5ccccc5)nc(-c5ccccc5)n4)cc(-c4cc5ccccc5c5ccccc45)c3)cn2)n1.Cc1cccc(-c2ccc(Cl)cn2)n1. The van der Waals surface area contributed by atoms with Gasteiger partial charge in [0.05, 0.1) is 39.0 Å². The minimum absolute atomic E-state index is 0.488. The summed E-state index contributed by atoms with van der Waals surface area (Å²) in [5, 5.41) is 10.3. The summed E-state index contributed by atoms with van der Waals surface area (Å²) in [5.74, 6) is 3.67. The van der Waals surface area contributed by atoms with Crippen LogP contribution in [-0.4, -0.2) is 68.2 Å². The first kappa shape index (κ1) is 71.5. The van der Waals surface area contributed by atoms with E-state index in [2.05, 4.69) is 194 Å². The fraction of sp³-hybridized carbons (Fsp3) is 0.0816. The van der Waals surface area contributed by atoms with Gasteiger partial charge in [0, 0.05) is 62.7 Å². The number of fused-ring (bicyclic) bond motifs is 6. The van der Waals surface area contributed by atoms with Crippen LogP contribution in [0, 0.1) is 13.8 Å². The lowest BCUT2D eigenvalue weighted by molar-refractivity contribution is 0.00578. The van der Waals surface area contributed by atoms with Crippen LogP contribution in [-0.2, 0) is 9.31 Å². The van der Waals surface area contributed by atoms with Gasteiger partial charge in [-0.3, -0.25) is 19.9 Å². The van der Waals surface area contributed by atoms with E-state index in [0.29, 0.717) is 40.0 Å². The Balaban J connectivity index is 0.000000139. The Morgan fingerprint density at radius 3 is 1.00 bits per heavy atom. The lowest BCUT2D eigenvalue weighted by Gasteiger charge is -2.32. The van der Waals surface area contributed by atoms with Crippen molar-refractivity contribution in [3.8, 4) is 124 Å². The quantitative estimate of drug-likeness (QED) is 0.0847. The Labute approximate surface area is 655 Å². The Bertz CT molecular complexity index is 6370. The Morgan fingerprint density at radius 2 is 0.598 bits per heavy atom. The third-order valence-corrected chi connectivity index (χ3v) is 20.8. The smallest absolute Gasteiger partial charge is 0.399 e. The van der Waals surface area contributed by atoms with E-state index < -0.39 is 18.3 Å². The fourth-order valence-corrected chi connectivity index (χ4v) is 14.3. The summed E-state index contributed by atoms with van der Waals surface area (Å²) in [4.78, 5) is 48.3. The molecule has 12 nitrogen and oxygen atoms in total.